The maximum absolute atomic E-state index is 3.11. The van der Waals surface area contributed by atoms with E-state index in [1.807, 2.05) is 0 Å². The second kappa shape index (κ2) is 36.1. The summed E-state index contributed by atoms with van der Waals surface area (Å²) < 4.78 is 0. The molecule has 0 unspecified atom stereocenters. The summed E-state index contributed by atoms with van der Waals surface area (Å²) in [5.74, 6) is 0. The summed E-state index contributed by atoms with van der Waals surface area (Å²) in [6.07, 6.45) is 0. The quantitative estimate of drug-likeness (QED) is 0.648. The normalized spacial score (nSPS) is 7.88. The van der Waals surface area contributed by atoms with Gasteiger partial charge in [0.1, 0.15) is 0 Å². The van der Waals surface area contributed by atoms with Gasteiger partial charge in [-0.05, 0) is 39.3 Å². The van der Waals surface area contributed by atoms with E-state index in [4.69, 9.17) is 0 Å². The van der Waals surface area contributed by atoms with Crippen LogP contribution in [0, 0.1) is 0 Å². The van der Waals surface area contributed by atoms with Crippen molar-refractivity contribution in [2.45, 2.75) is 41.5 Å². The van der Waals surface area contributed by atoms with Crippen molar-refractivity contribution in [3.8, 4) is 0 Å². The van der Waals surface area contributed by atoms with Crippen LogP contribution in [-0.4, -0.2) is 59.1 Å². The van der Waals surface area contributed by atoms with E-state index < -0.39 is 0 Å². The zero-order valence-corrected chi connectivity index (χ0v) is 14.7. The van der Waals surface area contributed by atoms with Gasteiger partial charge in [0.15, 0.2) is 0 Å². The van der Waals surface area contributed by atoms with Crippen LogP contribution in [0.5, 0.6) is 0 Å². The van der Waals surface area contributed by atoms with Crippen molar-refractivity contribution in [2.75, 3.05) is 39.3 Å². The fourth-order valence-corrected chi connectivity index (χ4v) is 0.750. The molecule has 0 aliphatic carbocycles. The van der Waals surface area contributed by atoms with Crippen LogP contribution in [0.15, 0.2) is 0 Å². The van der Waals surface area contributed by atoms with Gasteiger partial charge in [0, 0.05) is 19.8 Å². The van der Waals surface area contributed by atoms with E-state index in [1.54, 1.807) is 0 Å². The molecule has 0 heterocycles. The average molecular weight is 289 g/mol. The zero-order chi connectivity index (χ0) is 12.4. The third kappa shape index (κ3) is 62.5. The van der Waals surface area contributed by atoms with E-state index in [1.165, 1.54) is 0 Å². The number of nitrogens with one attached hydrogen (secondary N) is 3. The van der Waals surface area contributed by atoms with Gasteiger partial charge in [0.2, 0.25) is 0 Å². The summed E-state index contributed by atoms with van der Waals surface area (Å²) in [5, 5.41) is 9.33. The zero-order valence-electron chi connectivity index (χ0n) is 12.3. The molecule has 0 saturated heterocycles. The summed E-state index contributed by atoms with van der Waals surface area (Å²) >= 11 is 0. The molecule has 3 radical (unpaired) electrons. The SMILES string of the molecule is CCNCC.CCNCC.CCNCC.[Ga]. The first-order valence-corrected chi connectivity index (χ1v) is 6.36. The Morgan fingerprint density at radius 2 is 0.562 bits per heavy atom. The predicted molar refractivity (Wildman–Crippen MR) is 78.4 cm³/mol. The van der Waals surface area contributed by atoms with Crippen LogP contribution in [0.4, 0.5) is 0 Å². The molecular formula is C12H33GaN3. The molecule has 0 bridgehead atoms. The Hall–Kier alpha value is 0.516. The van der Waals surface area contributed by atoms with Crippen LogP contribution >= 0.6 is 0 Å². The summed E-state index contributed by atoms with van der Waals surface area (Å²) in [6.45, 7) is 19.2. The Labute approximate surface area is 117 Å². The third-order valence-corrected chi connectivity index (χ3v) is 1.50. The molecule has 0 fully saturated rings. The van der Waals surface area contributed by atoms with Gasteiger partial charge in [0.05, 0.1) is 0 Å². The Kier molecular flexibility index (Phi) is 57.3. The molecule has 0 aliphatic heterocycles. The molecule has 99 valence electrons. The van der Waals surface area contributed by atoms with Crippen molar-refractivity contribution < 1.29 is 0 Å². The van der Waals surface area contributed by atoms with Crippen molar-refractivity contribution in [1.82, 2.24) is 16.0 Å². The largest absolute Gasteiger partial charge is 0.317 e. The number of hydrogen-bond donors (Lipinski definition) is 3. The van der Waals surface area contributed by atoms with Crippen molar-refractivity contribution >= 4 is 19.8 Å². The summed E-state index contributed by atoms with van der Waals surface area (Å²) in [4.78, 5) is 0. The van der Waals surface area contributed by atoms with Crippen LogP contribution < -0.4 is 16.0 Å². The van der Waals surface area contributed by atoms with E-state index in [-0.39, 0.29) is 19.8 Å². The molecule has 0 saturated carbocycles. The average Bonchev–Trinajstić information content (AvgIpc) is 2.23. The van der Waals surface area contributed by atoms with E-state index in [9.17, 15) is 0 Å². The molecule has 0 aromatic heterocycles. The Balaban J connectivity index is -0.0000000655. The van der Waals surface area contributed by atoms with Crippen LogP contribution in [0.2, 0.25) is 0 Å². The molecule has 0 aromatic carbocycles. The van der Waals surface area contributed by atoms with Gasteiger partial charge in [-0.3, -0.25) is 0 Å². The van der Waals surface area contributed by atoms with Crippen LogP contribution in [0.3, 0.4) is 0 Å². The molecule has 16 heavy (non-hydrogen) atoms. The number of rotatable bonds is 6. The maximum Gasteiger partial charge on any atom is 0 e. The molecule has 0 aromatic rings. The third-order valence-electron chi connectivity index (χ3n) is 1.50. The first-order valence-electron chi connectivity index (χ1n) is 6.36. The van der Waals surface area contributed by atoms with Crippen LogP contribution in [0.1, 0.15) is 41.5 Å². The minimum Gasteiger partial charge on any atom is -0.317 e. The minimum atomic E-state index is 0. The molecule has 0 rings (SSSR count). The Morgan fingerprint density at radius 1 is 0.438 bits per heavy atom. The molecule has 0 atom stereocenters. The Morgan fingerprint density at radius 3 is 0.562 bits per heavy atom. The smallest absolute Gasteiger partial charge is 0 e. The van der Waals surface area contributed by atoms with Gasteiger partial charge in [-0.25, -0.2) is 0 Å². The van der Waals surface area contributed by atoms with E-state index >= 15 is 0 Å². The predicted octanol–water partition coefficient (Wildman–Crippen LogP) is 1.47. The standard InChI is InChI=1S/3C4H11N.Ga/c3*1-3-5-4-2;/h3*5H,3-4H2,1-2H3;. The Bertz CT molecular complexity index is 53.0. The molecular weight excluding hydrogens is 256 g/mol. The summed E-state index contributed by atoms with van der Waals surface area (Å²) in [5.41, 5.74) is 0. The van der Waals surface area contributed by atoms with Gasteiger partial charge in [-0.15, -0.1) is 0 Å². The first kappa shape index (κ1) is 25.4. The maximum atomic E-state index is 3.11. The minimum absolute atomic E-state index is 0. The second-order valence-corrected chi connectivity index (χ2v) is 2.87. The van der Waals surface area contributed by atoms with Gasteiger partial charge in [-0.1, -0.05) is 41.5 Å². The number of hydrogen-bond acceptors (Lipinski definition) is 3. The van der Waals surface area contributed by atoms with E-state index in [0.717, 1.165) is 39.3 Å². The van der Waals surface area contributed by atoms with Gasteiger partial charge in [0.25, 0.3) is 0 Å². The summed E-state index contributed by atoms with van der Waals surface area (Å²) in [7, 11) is 0. The van der Waals surface area contributed by atoms with Gasteiger partial charge < -0.3 is 16.0 Å². The van der Waals surface area contributed by atoms with E-state index in [2.05, 4.69) is 57.5 Å². The fraction of sp³-hybridized carbons (Fsp3) is 1.00. The van der Waals surface area contributed by atoms with Crippen molar-refractivity contribution in [3.63, 3.8) is 0 Å². The molecule has 3 nitrogen and oxygen atoms in total. The molecule has 0 spiro atoms. The van der Waals surface area contributed by atoms with Crippen molar-refractivity contribution in [3.05, 3.63) is 0 Å². The summed E-state index contributed by atoms with van der Waals surface area (Å²) in [6, 6.07) is 0. The van der Waals surface area contributed by atoms with Gasteiger partial charge >= 0.3 is 0 Å². The second-order valence-electron chi connectivity index (χ2n) is 2.87. The van der Waals surface area contributed by atoms with Gasteiger partial charge in [-0.2, -0.15) is 0 Å². The fourth-order valence-electron chi connectivity index (χ4n) is 0.750. The molecule has 4 heteroatoms. The van der Waals surface area contributed by atoms with Crippen molar-refractivity contribution in [1.29, 1.82) is 0 Å². The molecule has 3 N–H and O–H groups in total. The van der Waals surface area contributed by atoms with E-state index in [0.29, 0.717) is 0 Å². The van der Waals surface area contributed by atoms with Crippen LogP contribution in [0.25, 0.3) is 0 Å². The van der Waals surface area contributed by atoms with Crippen molar-refractivity contribution in [2.24, 2.45) is 0 Å². The topological polar surface area (TPSA) is 36.1 Å². The molecule has 0 aliphatic rings. The monoisotopic (exact) mass is 288 g/mol. The first-order chi connectivity index (χ1) is 7.24. The molecule has 0 amide bonds. The van der Waals surface area contributed by atoms with Crippen LogP contribution in [-0.2, 0) is 0 Å².